The van der Waals surface area contributed by atoms with Crippen LogP contribution in [0.1, 0.15) is 58.8 Å². The molecule has 6 nitrogen and oxygen atoms in total. The Kier molecular flexibility index (Phi) is 6.61. The van der Waals surface area contributed by atoms with Gasteiger partial charge in [-0.05, 0) is 86.4 Å². The molecule has 0 radical (unpaired) electrons. The van der Waals surface area contributed by atoms with E-state index in [1.807, 2.05) is 18.3 Å². The van der Waals surface area contributed by atoms with Crippen LogP contribution in [0.4, 0.5) is 0 Å². The van der Waals surface area contributed by atoms with Crippen molar-refractivity contribution >= 4 is 16.9 Å². The van der Waals surface area contributed by atoms with Crippen LogP contribution in [-0.2, 0) is 11.3 Å². The van der Waals surface area contributed by atoms with Crippen LogP contribution in [0, 0.1) is 18.8 Å². The van der Waals surface area contributed by atoms with Gasteiger partial charge < -0.3 is 19.6 Å². The third kappa shape index (κ3) is 4.44. The molecule has 0 saturated carbocycles. The molecule has 2 aliphatic heterocycles. The first-order valence-corrected chi connectivity index (χ1v) is 12.3. The zero-order valence-electron chi connectivity index (χ0n) is 20.0. The Balaban J connectivity index is 1.47. The van der Waals surface area contributed by atoms with E-state index in [2.05, 4.69) is 28.9 Å². The minimum Gasteiger partial charge on any atom is -0.496 e. The van der Waals surface area contributed by atoms with Gasteiger partial charge in [-0.15, -0.1) is 0 Å². The number of nitrogens with one attached hydrogen (secondary N) is 1. The van der Waals surface area contributed by atoms with Crippen molar-refractivity contribution in [1.82, 2.24) is 9.88 Å². The average molecular weight is 463 g/mol. The van der Waals surface area contributed by atoms with Gasteiger partial charge in [0.15, 0.2) is 0 Å². The molecule has 5 rings (SSSR count). The highest BCUT2D eigenvalue weighted by Crippen LogP contribution is 2.42. The van der Waals surface area contributed by atoms with Crippen LogP contribution >= 0.6 is 0 Å². The topological polar surface area (TPSA) is 74.8 Å². The molecule has 1 aromatic heterocycles. The number of carbonyl (C=O) groups is 1. The van der Waals surface area contributed by atoms with Crippen LogP contribution in [-0.4, -0.2) is 47.8 Å². The van der Waals surface area contributed by atoms with E-state index >= 15 is 0 Å². The normalized spacial score (nSPS) is 22.2. The summed E-state index contributed by atoms with van der Waals surface area (Å²) in [5.74, 6) is 1.42. The average Bonchev–Trinajstić information content (AvgIpc) is 3.37. The van der Waals surface area contributed by atoms with Gasteiger partial charge in [0.2, 0.25) is 0 Å². The highest BCUT2D eigenvalue weighted by atomic mass is 16.5. The molecule has 2 aliphatic rings. The van der Waals surface area contributed by atoms with Gasteiger partial charge in [0.25, 0.3) is 0 Å². The number of benzene rings is 2. The molecule has 0 unspecified atom stereocenters. The molecule has 0 bridgehead atoms. The van der Waals surface area contributed by atoms with E-state index in [1.54, 1.807) is 19.2 Å². The number of carboxylic acids is 1. The van der Waals surface area contributed by atoms with E-state index < -0.39 is 5.97 Å². The fraction of sp³-hybridized carbons (Fsp3) is 0.464. The first-order chi connectivity index (χ1) is 16.5. The maximum absolute atomic E-state index is 11.4. The third-order valence-corrected chi connectivity index (χ3v) is 7.92. The van der Waals surface area contributed by atoms with E-state index in [-0.39, 0.29) is 6.04 Å². The van der Waals surface area contributed by atoms with Crippen LogP contribution in [0.3, 0.4) is 0 Å². The molecular formula is C28H34N2O4. The number of ether oxygens (including phenoxy) is 2. The molecule has 2 N–H and O–H groups in total. The first-order valence-electron chi connectivity index (χ1n) is 12.3. The summed E-state index contributed by atoms with van der Waals surface area (Å²) in [5.41, 5.74) is 5.08. The first kappa shape index (κ1) is 22.9. The largest absolute Gasteiger partial charge is 0.496 e. The van der Waals surface area contributed by atoms with Gasteiger partial charge in [-0.25, -0.2) is 4.79 Å². The van der Waals surface area contributed by atoms with Gasteiger partial charge in [-0.2, -0.15) is 0 Å². The number of nitrogens with zero attached hydrogens (tertiary/aromatic N) is 1. The van der Waals surface area contributed by atoms with Gasteiger partial charge in [0, 0.05) is 48.5 Å². The minimum atomic E-state index is -0.883. The number of fused-ring (bicyclic) bond motifs is 1. The summed E-state index contributed by atoms with van der Waals surface area (Å²) in [6.07, 6.45) is 6.55. The van der Waals surface area contributed by atoms with E-state index in [9.17, 15) is 9.90 Å². The molecule has 0 spiro atoms. The lowest BCUT2D eigenvalue weighted by Crippen LogP contribution is -2.39. The van der Waals surface area contributed by atoms with Crippen molar-refractivity contribution in [3.8, 4) is 5.75 Å². The second kappa shape index (κ2) is 9.80. The van der Waals surface area contributed by atoms with Gasteiger partial charge in [-0.3, -0.25) is 4.90 Å². The lowest BCUT2D eigenvalue weighted by Gasteiger charge is -2.43. The zero-order chi connectivity index (χ0) is 23.7. The number of aromatic carboxylic acids is 1. The highest BCUT2D eigenvalue weighted by Gasteiger charge is 2.35. The summed E-state index contributed by atoms with van der Waals surface area (Å²) < 4.78 is 11.4. The molecule has 0 amide bonds. The lowest BCUT2D eigenvalue weighted by atomic mass is 9.76. The summed E-state index contributed by atoms with van der Waals surface area (Å²) in [4.78, 5) is 17.4. The van der Waals surface area contributed by atoms with Crippen molar-refractivity contribution < 1.29 is 19.4 Å². The lowest BCUT2D eigenvalue weighted by molar-refractivity contribution is 0.0141. The number of likely N-dealkylation sites (tertiary alicyclic amines) is 1. The van der Waals surface area contributed by atoms with Gasteiger partial charge in [0.1, 0.15) is 5.75 Å². The summed E-state index contributed by atoms with van der Waals surface area (Å²) in [6, 6.07) is 12.0. The van der Waals surface area contributed by atoms with Crippen LogP contribution in [0.15, 0.2) is 42.6 Å². The number of hydrogen-bond donors (Lipinski definition) is 2. The van der Waals surface area contributed by atoms with Crippen molar-refractivity contribution in [2.45, 2.75) is 45.2 Å². The van der Waals surface area contributed by atoms with E-state index in [1.165, 1.54) is 28.5 Å². The summed E-state index contributed by atoms with van der Waals surface area (Å²) in [6.45, 7) is 5.65. The molecule has 34 heavy (non-hydrogen) atoms. The number of methoxy groups -OCH3 is 1. The van der Waals surface area contributed by atoms with Gasteiger partial charge in [-0.1, -0.05) is 12.1 Å². The monoisotopic (exact) mass is 462 g/mol. The standard InChI is InChI=1S/C28H34N2O4/c1-18-15-26(33-2)24(23-7-11-29-27(18)23)17-30-12-8-22(19-9-13-34-14-10-19)16-25(30)20-3-5-21(6-4-20)28(31)32/h3-7,11,15,19,22,25,29H,8-10,12-14,16-17H2,1-2H3,(H,31,32)/t22-,25-/m0/s1. The summed E-state index contributed by atoms with van der Waals surface area (Å²) in [5, 5.41) is 10.6. The number of hydrogen-bond acceptors (Lipinski definition) is 4. The van der Waals surface area contributed by atoms with E-state index in [4.69, 9.17) is 9.47 Å². The quantitative estimate of drug-likeness (QED) is 0.501. The van der Waals surface area contributed by atoms with Crippen LogP contribution in [0.25, 0.3) is 10.9 Å². The van der Waals surface area contributed by atoms with E-state index in [0.717, 1.165) is 56.8 Å². The second-order valence-electron chi connectivity index (χ2n) is 9.79. The van der Waals surface area contributed by atoms with Crippen molar-refractivity contribution in [3.63, 3.8) is 0 Å². The Labute approximate surface area is 200 Å². The number of rotatable bonds is 6. The molecule has 0 aliphatic carbocycles. The number of H-pyrrole nitrogens is 1. The second-order valence-corrected chi connectivity index (χ2v) is 9.79. The molecular weight excluding hydrogens is 428 g/mol. The van der Waals surface area contributed by atoms with Crippen LogP contribution in [0.2, 0.25) is 0 Å². The van der Waals surface area contributed by atoms with Crippen molar-refractivity contribution in [2.24, 2.45) is 11.8 Å². The molecule has 6 heteroatoms. The Morgan fingerprint density at radius 3 is 2.62 bits per heavy atom. The van der Waals surface area contributed by atoms with Crippen molar-refractivity contribution in [3.05, 3.63) is 64.8 Å². The fourth-order valence-electron chi connectivity index (χ4n) is 6.02. The molecule has 2 saturated heterocycles. The number of aromatic amines is 1. The predicted molar refractivity (Wildman–Crippen MR) is 132 cm³/mol. The van der Waals surface area contributed by atoms with E-state index in [0.29, 0.717) is 17.4 Å². The number of aromatic nitrogens is 1. The van der Waals surface area contributed by atoms with Gasteiger partial charge in [0.05, 0.1) is 12.7 Å². The number of carboxylic acid groups (broad SMARTS) is 1. The smallest absolute Gasteiger partial charge is 0.335 e. The van der Waals surface area contributed by atoms with Crippen molar-refractivity contribution in [1.29, 1.82) is 0 Å². The minimum absolute atomic E-state index is 0.240. The maximum Gasteiger partial charge on any atom is 0.335 e. The predicted octanol–water partition coefficient (Wildman–Crippen LogP) is 5.56. The van der Waals surface area contributed by atoms with Crippen LogP contribution in [0.5, 0.6) is 5.75 Å². The molecule has 3 heterocycles. The Hall–Kier alpha value is -2.83. The molecule has 3 aromatic rings. The fourth-order valence-corrected chi connectivity index (χ4v) is 6.02. The molecule has 2 aromatic carbocycles. The number of aryl methyl sites for hydroxylation is 1. The summed E-state index contributed by atoms with van der Waals surface area (Å²) >= 11 is 0. The highest BCUT2D eigenvalue weighted by molar-refractivity contribution is 5.88. The zero-order valence-corrected chi connectivity index (χ0v) is 20.0. The Bertz CT molecular complexity index is 1150. The molecule has 180 valence electrons. The Morgan fingerprint density at radius 1 is 1.15 bits per heavy atom. The van der Waals surface area contributed by atoms with Gasteiger partial charge >= 0.3 is 5.97 Å². The molecule has 2 fully saturated rings. The van der Waals surface area contributed by atoms with Crippen molar-refractivity contribution in [2.75, 3.05) is 26.9 Å². The third-order valence-electron chi connectivity index (χ3n) is 7.92. The summed E-state index contributed by atoms with van der Waals surface area (Å²) in [7, 11) is 1.75. The molecule has 2 atom stereocenters. The Morgan fingerprint density at radius 2 is 1.91 bits per heavy atom. The number of piperidine rings is 1. The SMILES string of the molecule is COc1cc(C)c2[nH]ccc2c1CN1CC[C@H](C2CCOCC2)C[C@H]1c1ccc(C(=O)O)cc1. The van der Waals surface area contributed by atoms with Crippen LogP contribution < -0.4 is 4.74 Å². The maximum atomic E-state index is 11.4.